The van der Waals surface area contributed by atoms with Crippen LogP contribution in [-0.2, 0) is 38.1 Å². The van der Waals surface area contributed by atoms with Gasteiger partial charge in [-0.05, 0) is 52.4 Å². The van der Waals surface area contributed by atoms with Gasteiger partial charge in [0.15, 0.2) is 12.2 Å². The molecule has 0 amide bonds. The van der Waals surface area contributed by atoms with E-state index in [1.807, 2.05) is 6.92 Å². The number of allylic oxidation sites excluding steroid dienone is 1. The maximum Gasteiger partial charge on any atom is 0.333 e. The van der Waals surface area contributed by atoms with E-state index in [0.717, 1.165) is 19.3 Å². The van der Waals surface area contributed by atoms with Gasteiger partial charge in [0, 0.05) is 17.9 Å². The first kappa shape index (κ1) is 25.7. The van der Waals surface area contributed by atoms with Crippen LogP contribution in [0.1, 0.15) is 73.1 Å². The van der Waals surface area contributed by atoms with Gasteiger partial charge in [-0.3, -0.25) is 9.59 Å². The fourth-order valence-electron chi connectivity index (χ4n) is 8.05. The van der Waals surface area contributed by atoms with Crippen LogP contribution in [0.15, 0.2) is 11.6 Å². The monoisotopic (exact) mass is 506 g/mol. The number of hydrogen-bond donors (Lipinski definition) is 1. The van der Waals surface area contributed by atoms with Crippen molar-refractivity contribution >= 4 is 17.9 Å². The lowest BCUT2D eigenvalue weighted by atomic mass is 9.40. The summed E-state index contributed by atoms with van der Waals surface area (Å²) in [6.45, 7) is 9.08. The van der Waals surface area contributed by atoms with Gasteiger partial charge in [0.2, 0.25) is 0 Å². The first-order valence-electron chi connectivity index (χ1n) is 13.0. The molecule has 0 aromatic carbocycles. The van der Waals surface area contributed by atoms with Gasteiger partial charge in [-0.1, -0.05) is 19.4 Å². The Kier molecular flexibility index (Phi) is 5.89. The predicted octanol–water partition coefficient (Wildman–Crippen LogP) is 2.62. The van der Waals surface area contributed by atoms with Gasteiger partial charge in [0.05, 0.1) is 25.0 Å². The molecule has 9 heteroatoms. The number of aliphatic hydroxyl groups excluding tert-OH is 1. The highest BCUT2D eigenvalue weighted by molar-refractivity contribution is 5.88. The van der Waals surface area contributed by atoms with Crippen LogP contribution in [0.3, 0.4) is 0 Å². The van der Waals surface area contributed by atoms with Crippen molar-refractivity contribution in [2.75, 3.05) is 19.8 Å². The zero-order valence-corrected chi connectivity index (χ0v) is 21.9. The standard InChI is InChI=1S/C27H38O9/c1-6-16(2)22(31)35-21-20(34-17(3)29)24(5)23(4,10-11-25(36-24)12-19(30)32-14-25)18-8-7-9-26(15-33-26)27(18,21)13-28/h6,18,20-21,28H,7-15H2,1-5H3/b16-6+/t18-,20+,21+,23-,24+,25+,26+,27+/m1/s1. The van der Waals surface area contributed by atoms with Gasteiger partial charge in [-0.15, -0.1) is 0 Å². The maximum atomic E-state index is 13.2. The molecule has 0 bridgehead atoms. The minimum Gasteiger partial charge on any atom is -0.463 e. The van der Waals surface area contributed by atoms with Crippen molar-refractivity contribution < 1.29 is 43.2 Å². The van der Waals surface area contributed by atoms with Crippen LogP contribution in [0.2, 0.25) is 0 Å². The van der Waals surface area contributed by atoms with Gasteiger partial charge >= 0.3 is 17.9 Å². The van der Waals surface area contributed by atoms with Crippen LogP contribution < -0.4 is 0 Å². The normalized spacial score (nSPS) is 47.7. The summed E-state index contributed by atoms with van der Waals surface area (Å²) in [5.41, 5.74) is -3.74. The zero-order chi connectivity index (χ0) is 26.1. The van der Waals surface area contributed by atoms with Crippen molar-refractivity contribution in [2.45, 2.75) is 102 Å². The highest BCUT2D eigenvalue weighted by atomic mass is 16.6. The largest absolute Gasteiger partial charge is 0.463 e. The molecule has 0 radical (unpaired) electrons. The Hall–Kier alpha value is -1.97. The molecule has 200 valence electrons. The lowest BCUT2D eigenvalue weighted by Gasteiger charge is -2.70. The Morgan fingerprint density at radius 3 is 2.39 bits per heavy atom. The molecule has 0 unspecified atom stereocenters. The molecule has 9 nitrogen and oxygen atoms in total. The molecule has 2 aliphatic carbocycles. The third-order valence-corrected chi connectivity index (χ3v) is 10.3. The van der Waals surface area contributed by atoms with Crippen LogP contribution >= 0.6 is 0 Å². The lowest BCUT2D eigenvalue weighted by molar-refractivity contribution is -0.361. The highest BCUT2D eigenvalue weighted by Crippen LogP contribution is 2.72. The number of carbonyl (C=O) groups excluding carboxylic acids is 3. The van der Waals surface area contributed by atoms with Crippen molar-refractivity contribution in [3.05, 3.63) is 11.6 Å². The third kappa shape index (κ3) is 3.28. The quantitative estimate of drug-likeness (QED) is 0.265. The minimum absolute atomic E-state index is 0.121. The lowest BCUT2D eigenvalue weighted by Crippen LogP contribution is -2.80. The van der Waals surface area contributed by atoms with Crippen molar-refractivity contribution in [3.8, 4) is 0 Å². The van der Waals surface area contributed by atoms with Crippen molar-refractivity contribution in [1.29, 1.82) is 0 Å². The molecule has 8 atom stereocenters. The van der Waals surface area contributed by atoms with Crippen LogP contribution in [0.25, 0.3) is 0 Å². The topological polar surface area (TPSA) is 121 Å². The second-order valence-electron chi connectivity index (χ2n) is 11.9. The van der Waals surface area contributed by atoms with Gasteiger partial charge in [0.1, 0.15) is 23.4 Å². The van der Waals surface area contributed by atoms with E-state index in [9.17, 15) is 19.5 Å². The van der Waals surface area contributed by atoms with E-state index in [0.29, 0.717) is 25.0 Å². The summed E-state index contributed by atoms with van der Waals surface area (Å²) in [6, 6.07) is 0. The minimum atomic E-state index is -1.11. The van der Waals surface area contributed by atoms with E-state index in [2.05, 4.69) is 6.92 Å². The highest BCUT2D eigenvalue weighted by Gasteiger charge is 2.82. The summed E-state index contributed by atoms with van der Waals surface area (Å²) in [5, 5.41) is 11.2. The van der Waals surface area contributed by atoms with E-state index in [-0.39, 0.29) is 31.5 Å². The van der Waals surface area contributed by atoms with E-state index in [4.69, 9.17) is 23.7 Å². The van der Waals surface area contributed by atoms with E-state index >= 15 is 0 Å². The summed E-state index contributed by atoms with van der Waals surface area (Å²) in [4.78, 5) is 37.9. The predicted molar refractivity (Wildman–Crippen MR) is 126 cm³/mol. The van der Waals surface area contributed by atoms with E-state index in [1.54, 1.807) is 19.9 Å². The Morgan fingerprint density at radius 2 is 1.83 bits per heavy atom. The fourth-order valence-corrected chi connectivity index (χ4v) is 8.05. The average Bonchev–Trinajstić information content (AvgIpc) is 3.52. The van der Waals surface area contributed by atoms with Crippen molar-refractivity contribution in [3.63, 3.8) is 0 Å². The average molecular weight is 507 g/mol. The number of rotatable bonds is 4. The van der Waals surface area contributed by atoms with Crippen LogP contribution in [0.5, 0.6) is 0 Å². The molecule has 3 saturated heterocycles. The van der Waals surface area contributed by atoms with Gasteiger partial charge in [-0.25, -0.2) is 4.79 Å². The SMILES string of the molecule is C/C=C(\C)C(=O)O[C@H]1[C@H](OC(C)=O)[C@]2(C)O[C@]3(CC[C@]2(C)[C@H]2CCC[C@]4(CO4)[C@]12CO)COC(=O)C3. The molecular weight excluding hydrogens is 468 g/mol. The molecule has 5 rings (SSSR count). The number of hydrogen-bond acceptors (Lipinski definition) is 9. The van der Waals surface area contributed by atoms with Gasteiger partial charge in [0.25, 0.3) is 0 Å². The van der Waals surface area contributed by atoms with Crippen molar-refractivity contribution in [2.24, 2.45) is 16.7 Å². The number of epoxide rings is 1. The molecule has 5 fully saturated rings. The Balaban J connectivity index is 1.70. The number of aliphatic hydroxyl groups is 1. The van der Waals surface area contributed by atoms with E-state index < -0.39 is 51.8 Å². The molecule has 0 aromatic rings. The molecule has 2 spiro atoms. The number of ether oxygens (including phenoxy) is 5. The number of cyclic esters (lactones) is 1. The van der Waals surface area contributed by atoms with Crippen LogP contribution in [0, 0.1) is 16.7 Å². The van der Waals surface area contributed by atoms with Crippen molar-refractivity contribution in [1.82, 2.24) is 0 Å². The Morgan fingerprint density at radius 1 is 1.11 bits per heavy atom. The first-order chi connectivity index (χ1) is 16.9. The number of esters is 3. The Bertz CT molecular complexity index is 1000. The molecule has 2 saturated carbocycles. The van der Waals surface area contributed by atoms with Crippen LogP contribution in [0.4, 0.5) is 0 Å². The summed E-state index contributed by atoms with van der Waals surface area (Å²) >= 11 is 0. The fraction of sp³-hybridized carbons (Fsp3) is 0.815. The van der Waals surface area contributed by atoms with Crippen LogP contribution in [-0.4, -0.2) is 71.8 Å². The number of fused-ring (bicyclic) bond motifs is 4. The molecular formula is C27H38O9. The molecule has 36 heavy (non-hydrogen) atoms. The summed E-state index contributed by atoms with van der Waals surface area (Å²) in [6.07, 6.45) is 3.45. The Labute approximate surface area is 211 Å². The second-order valence-corrected chi connectivity index (χ2v) is 11.9. The smallest absolute Gasteiger partial charge is 0.333 e. The van der Waals surface area contributed by atoms with E-state index in [1.165, 1.54) is 6.92 Å². The second kappa shape index (κ2) is 8.27. The van der Waals surface area contributed by atoms with Gasteiger partial charge < -0.3 is 28.8 Å². The van der Waals surface area contributed by atoms with Gasteiger partial charge in [-0.2, -0.15) is 0 Å². The third-order valence-electron chi connectivity index (χ3n) is 10.3. The summed E-state index contributed by atoms with van der Waals surface area (Å²) in [7, 11) is 0. The molecule has 1 N–H and O–H groups in total. The first-order valence-corrected chi connectivity index (χ1v) is 13.0. The molecule has 5 aliphatic rings. The number of carbonyl (C=O) groups is 3. The molecule has 3 heterocycles. The zero-order valence-electron chi connectivity index (χ0n) is 21.9. The molecule has 3 aliphatic heterocycles. The summed E-state index contributed by atoms with van der Waals surface area (Å²) in [5.74, 6) is -1.53. The maximum absolute atomic E-state index is 13.2. The summed E-state index contributed by atoms with van der Waals surface area (Å²) < 4.78 is 30.6. The molecule has 0 aromatic heterocycles.